The summed E-state index contributed by atoms with van der Waals surface area (Å²) in [4.78, 5) is 0. The normalized spacial score (nSPS) is 10.8. The second kappa shape index (κ2) is 4.93. The Labute approximate surface area is 117 Å². The van der Waals surface area contributed by atoms with Gasteiger partial charge in [0.1, 0.15) is 0 Å². The lowest BCUT2D eigenvalue weighted by Gasteiger charge is -2.08. The van der Waals surface area contributed by atoms with Crippen LogP contribution in [0.15, 0.2) is 54.6 Å². The van der Waals surface area contributed by atoms with Gasteiger partial charge in [0, 0.05) is 11.6 Å². The Balaban J connectivity index is 2.12. The fourth-order valence-corrected chi connectivity index (χ4v) is 2.16. The molecule has 0 fully saturated rings. The van der Waals surface area contributed by atoms with Gasteiger partial charge >= 0.3 is 0 Å². The number of hydrogen-bond acceptors (Lipinski definition) is 1. The quantitative estimate of drug-likeness (QED) is 0.676. The molecule has 20 heavy (non-hydrogen) atoms. The minimum atomic E-state index is -0.471. The monoisotopic (exact) mass is 266 g/mol. The van der Waals surface area contributed by atoms with Gasteiger partial charge in [-0.15, -0.1) is 5.10 Å². The molecule has 3 heteroatoms. The van der Waals surface area contributed by atoms with Crippen LogP contribution in [0.3, 0.4) is 0 Å². The zero-order valence-corrected chi connectivity index (χ0v) is 11.5. The molecule has 1 heterocycles. The highest BCUT2D eigenvalue weighted by Crippen LogP contribution is 2.24. The maximum absolute atomic E-state index is 13.6. The number of aryl methyl sites for hydroxylation is 2. The van der Waals surface area contributed by atoms with E-state index in [4.69, 9.17) is 0 Å². The van der Waals surface area contributed by atoms with E-state index in [2.05, 4.69) is 5.10 Å². The van der Waals surface area contributed by atoms with E-state index in [0.717, 1.165) is 16.9 Å². The average Bonchev–Trinajstić information content (AvgIpc) is 2.82. The van der Waals surface area contributed by atoms with E-state index < -0.39 is 5.95 Å². The van der Waals surface area contributed by atoms with Gasteiger partial charge < -0.3 is 0 Å². The van der Waals surface area contributed by atoms with E-state index in [1.165, 1.54) is 17.2 Å². The Kier molecular flexibility index (Phi) is 3.11. The van der Waals surface area contributed by atoms with E-state index in [9.17, 15) is 4.39 Å². The summed E-state index contributed by atoms with van der Waals surface area (Å²) in [7, 11) is 0. The van der Waals surface area contributed by atoms with Gasteiger partial charge in [-0.05, 0) is 26.0 Å². The van der Waals surface area contributed by atoms with E-state index in [1.54, 1.807) is 4.68 Å². The molecular formula is C17H15FN2. The molecule has 100 valence electrons. The van der Waals surface area contributed by atoms with Gasteiger partial charge in [0.2, 0.25) is 5.95 Å². The van der Waals surface area contributed by atoms with Crippen molar-refractivity contribution in [3.8, 4) is 16.9 Å². The second-order valence-electron chi connectivity index (χ2n) is 4.97. The molecule has 3 rings (SSSR count). The molecule has 0 atom stereocenters. The minimum Gasteiger partial charge on any atom is -0.230 e. The fraction of sp³-hybridized carbons (Fsp3) is 0.118. The summed E-state index contributed by atoms with van der Waals surface area (Å²) in [5.41, 5.74) is 4.91. The molecule has 0 aliphatic carbocycles. The summed E-state index contributed by atoms with van der Waals surface area (Å²) in [6, 6.07) is 17.3. The van der Waals surface area contributed by atoms with Crippen molar-refractivity contribution in [2.75, 3.05) is 0 Å². The highest BCUT2D eigenvalue weighted by Gasteiger charge is 2.11. The van der Waals surface area contributed by atoms with Gasteiger partial charge in [-0.1, -0.05) is 47.5 Å². The van der Waals surface area contributed by atoms with Gasteiger partial charge in [-0.25, -0.2) is 4.68 Å². The Hall–Kier alpha value is -2.42. The maximum atomic E-state index is 13.6. The van der Waals surface area contributed by atoms with Crippen molar-refractivity contribution in [2.24, 2.45) is 0 Å². The second-order valence-corrected chi connectivity index (χ2v) is 4.97. The van der Waals surface area contributed by atoms with Crippen LogP contribution in [0, 0.1) is 19.8 Å². The largest absolute Gasteiger partial charge is 0.233 e. The number of halogens is 1. The first-order chi connectivity index (χ1) is 9.63. The smallest absolute Gasteiger partial charge is 0.230 e. The summed E-state index contributed by atoms with van der Waals surface area (Å²) in [5, 5.41) is 3.96. The van der Waals surface area contributed by atoms with Crippen LogP contribution >= 0.6 is 0 Å². The van der Waals surface area contributed by atoms with Crippen molar-refractivity contribution in [2.45, 2.75) is 13.8 Å². The molecule has 3 aromatic rings. The summed E-state index contributed by atoms with van der Waals surface area (Å²) >= 11 is 0. The predicted molar refractivity (Wildman–Crippen MR) is 78.4 cm³/mol. The third kappa shape index (κ3) is 2.35. The van der Waals surface area contributed by atoms with Gasteiger partial charge in [0.15, 0.2) is 0 Å². The van der Waals surface area contributed by atoms with Gasteiger partial charge in [-0.3, -0.25) is 0 Å². The maximum Gasteiger partial charge on any atom is 0.233 e. The molecule has 0 bridgehead atoms. The molecule has 0 unspecified atom stereocenters. The number of rotatable bonds is 2. The van der Waals surface area contributed by atoms with Gasteiger partial charge in [0.05, 0.1) is 11.4 Å². The molecule has 0 radical (unpaired) electrons. The van der Waals surface area contributed by atoms with Crippen LogP contribution in [0.25, 0.3) is 16.9 Å². The minimum absolute atomic E-state index is 0.471. The van der Waals surface area contributed by atoms with Crippen LogP contribution in [0.1, 0.15) is 11.1 Å². The van der Waals surface area contributed by atoms with Crippen LogP contribution in [0.4, 0.5) is 4.39 Å². The highest BCUT2D eigenvalue weighted by molar-refractivity contribution is 5.62. The summed E-state index contributed by atoms with van der Waals surface area (Å²) in [6.45, 7) is 4.05. The van der Waals surface area contributed by atoms with Crippen LogP contribution in [0.5, 0.6) is 0 Å². The van der Waals surface area contributed by atoms with Crippen LogP contribution < -0.4 is 0 Å². The molecule has 0 saturated heterocycles. The van der Waals surface area contributed by atoms with Crippen molar-refractivity contribution in [1.82, 2.24) is 9.78 Å². The number of nitrogens with zero attached hydrogens (tertiary/aromatic N) is 2. The zero-order chi connectivity index (χ0) is 14.1. The first-order valence-corrected chi connectivity index (χ1v) is 6.53. The molecule has 0 saturated carbocycles. The van der Waals surface area contributed by atoms with Gasteiger partial charge in [0.25, 0.3) is 0 Å². The number of benzene rings is 2. The molecule has 0 amide bonds. The van der Waals surface area contributed by atoms with Crippen LogP contribution in [0.2, 0.25) is 0 Å². The van der Waals surface area contributed by atoms with Crippen molar-refractivity contribution in [3.63, 3.8) is 0 Å². The molecule has 0 aliphatic heterocycles. The lowest BCUT2D eigenvalue weighted by atomic mass is 10.1. The molecular weight excluding hydrogens is 251 g/mol. The first-order valence-electron chi connectivity index (χ1n) is 6.53. The van der Waals surface area contributed by atoms with Crippen LogP contribution in [-0.2, 0) is 0 Å². The topological polar surface area (TPSA) is 17.8 Å². The van der Waals surface area contributed by atoms with Crippen molar-refractivity contribution in [1.29, 1.82) is 0 Å². The summed E-state index contributed by atoms with van der Waals surface area (Å²) in [5.74, 6) is -0.471. The van der Waals surface area contributed by atoms with E-state index in [-0.39, 0.29) is 0 Å². The molecule has 0 N–H and O–H groups in total. The molecule has 2 aromatic carbocycles. The van der Waals surface area contributed by atoms with E-state index >= 15 is 0 Å². The van der Waals surface area contributed by atoms with E-state index in [1.807, 2.05) is 62.4 Å². The Morgan fingerprint density at radius 1 is 0.850 bits per heavy atom. The fourth-order valence-electron chi connectivity index (χ4n) is 2.16. The average molecular weight is 266 g/mol. The predicted octanol–water partition coefficient (Wildman–Crippen LogP) is 4.30. The standard InChI is InChI=1S/C17H15FN2/c1-12-3-7-14(8-4-12)16-11-17(18)19-20(16)15-9-5-13(2)6-10-15/h3-11H,1-2H3. The summed E-state index contributed by atoms with van der Waals surface area (Å²) < 4.78 is 15.2. The van der Waals surface area contributed by atoms with Crippen LogP contribution in [-0.4, -0.2) is 9.78 Å². The molecule has 2 nitrogen and oxygen atoms in total. The Morgan fingerprint density at radius 3 is 2.00 bits per heavy atom. The molecule has 1 aromatic heterocycles. The van der Waals surface area contributed by atoms with Crippen molar-refractivity contribution >= 4 is 0 Å². The third-order valence-electron chi connectivity index (χ3n) is 3.31. The van der Waals surface area contributed by atoms with Crippen molar-refractivity contribution < 1.29 is 4.39 Å². The van der Waals surface area contributed by atoms with Gasteiger partial charge in [-0.2, -0.15) is 4.39 Å². The third-order valence-corrected chi connectivity index (χ3v) is 3.31. The molecule has 0 spiro atoms. The van der Waals surface area contributed by atoms with E-state index in [0.29, 0.717) is 0 Å². The SMILES string of the molecule is Cc1ccc(-c2cc(F)nn2-c2ccc(C)cc2)cc1. The lowest BCUT2D eigenvalue weighted by Crippen LogP contribution is -1.99. The Bertz CT molecular complexity index is 662. The number of hydrogen-bond donors (Lipinski definition) is 0. The lowest BCUT2D eigenvalue weighted by molar-refractivity contribution is 0.566. The molecule has 0 aliphatic rings. The first kappa shape index (κ1) is 12.6. The highest BCUT2D eigenvalue weighted by atomic mass is 19.1. The van der Waals surface area contributed by atoms with Crippen molar-refractivity contribution in [3.05, 3.63) is 71.7 Å². The number of aromatic nitrogens is 2. The Morgan fingerprint density at radius 2 is 1.40 bits per heavy atom. The zero-order valence-electron chi connectivity index (χ0n) is 11.5. The summed E-state index contributed by atoms with van der Waals surface area (Å²) in [6.07, 6.45) is 0.